The molecule has 1 aromatic carbocycles. The van der Waals surface area contributed by atoms with E-state index in [1.807, 2.05) is 28.8 Å². The van der Waals surface area contributed by atoms with E-state index in [4.69, 9.17) is 9.47 Å². The average molecular weight is 370 g/mol. The van der Waals surface area contributed by atoms with Gasteiger partial charge >= 0.3 is 0 Å². The average Bonchev–Trinajstić information content (AvgIpc) is 3.23. The van der Waals surface area contributed by atoms with Crippen molar-refractivity contribution < 1.29 is 14.3 Å². The van der Waals surface area contributed by atoms with Crippen LogP contribution in [0.1, 0.15) is 28.5 Å². The second-order valence-corrected chi connectivity index (χ2v) is 7.07. The Hall–Kier alpha value is -2.54. The number of rotatable bonds is 4. The van der Waals surface area contributed by atoms with E-state index >= 15 is 0 Å². The van der Waals surface area contributed by atoms with Crippen molar-refractivity contribution in [2.45, 2.75) is 13.3 Å². The summed E-state index contributed by atoms with van der Waals surface area (Å²) in [5, 5.41) is 4.58. The van der Waals surface area contributed by atoms with Gasteiger partial charge in [-0.2, -0.15) is 5.10 Å². The number of likely N-dealkylation sites (N-methyl/N-ethyl adjacent to an activating group) is 1. The highest BCUT2D eigenvalue weighted by molar-refractivity contribution is 5.97. The predicted octanol–water partition coefficient (Wildman–Crippen LogP) is 1.79. The fraction of sp³-hybridized carbons (Fsp3) is 0.500. The molecule has 7 heteroatoms. The van der Waals surface area contributed by atoms with E-state index < -0.39 is 0 Å². The number of piperazine rings is 1. The van der Waals surface area contributed by atoms with E-state index in [1.54, 1.807) is 14.2 Å². The molecule has 1 aromatic heterocycles. The van der Waals surface area contributed by atoms with Crippen LogP contribution in [0, 0.1) is 0 Å². The van der Waals surface area contributed by atoms with Crippen molar-refractivity contribution in [3.05, 3.63) is 29.0 Å². The van der Waals surface area contributed by atoms with E-state index in [2.05, 4.69) is 16.9 Å². The number of methoxy groups -OCH3 is 2. The van der Waals surface area contributed by atoms with Gasteiger partial charge in [0.25, 0.3) is 5.91 Å². The summed E-state index contributed by atoms with van der Waals surface area (Å²) in [6, 6.07) is 3.98. The van der Waals surface area contributed by atoms with Crippen LogP contribution < -0.4 is 9.47 Å². The second-order valence-electron chi connectivity index (χ2n) is 7.07. The number of hydrogen-bond acceptors (Lipinski definition) is 5. The molecule has 0 saturated carbocycles. The van der Waals surface area contributed by atoms with Gasteiger partial charge in [-0.15, -0.1) is 0 Å². The molecule has 0 bridgehead atoms. The Bertz CT molecular complexity index is 882. The van der Waals surface area contributed by atoms with Gasteiger partial charge in [0.05, 0.1) is 19.9 Å². The molecule has 2 aromatic rings. The summed E-state index contributed by atoms with van der Waals surface area (Å²) in [6.45, 7) is 6.54. The third-order valence-corrected chi connectivity index (χ3v) is 5.69. The van der Waals surface area contributed by atoms with Gasteiger partial charge in [-0.3, -0.25) is 9.48 Å². The van der Waals surface area contributed by atoms with Crippen molar-refractivity contribution >= 4 is 5.91 Å². The van der Waals surface area contributed by atoms with Gasteiger partial charge in [-0.05, 0) is 24.2 Å². The SMILES string of the molecule is CCN1CCN(C(=O)c2nn(C)c3c2Cc2cc(OC)c(OC)cc2-3)CC1. The van der Waals surface area contributed by atoms with E-state index in [-0.39, 0.29) is 5.91 Å². The number of aromatic nitrogens is 2. The largest absolute Gasteiger partial charge is 0.493 e. The predicted molar refractivity (Wildman–Crippen MR) is 103 cm³/mol. The molecular weight excluding hydrogens is 344 g/mol. The molecule has 0 spiro atoms. The molecule has 1 saturated heterocycles. The highest BCUT2D eigenvalue weighted by Gasteiger charge is 2.33. The number of amides is 1. The first-order valence-corrected chi connectivity index (χ1v) is 9.40. The Labute approximate surface area is 159 Å². The first kappa shape index (κ1) is 17.9. The van der Waals surface area contributed by atoms with Gasteiger partial charge in [0.2, 0.25) is 0 Å². The van der Waals surface area contributed by atoms with E-state index in [1.165, 1.54) is 0 Å². The summed E-state index contributed by atoms with van der Waals surface area (Å²) in [7, 11) is 5.17. The molecule has 0 unspecified atom stereocenters. The maximum atomic E-state index is 13.1. The highest BCUT2D eigenvalue weighted by atomic mass is 16.5. The molecule has 2 aliphatic rings. The number of ether oxygens (including phenoxy) is 2. The Kier molecular flexibility index (Phi) is 4.55. The number of hydrogen-bond donors (Lipinski definition) is 0. The van der Waals surface area contributed by atoms with Crippen LogP contribution in [0.25, 0.3) is 11.3 Å². The molecule has 144 valence electrons. The van der Waals surface area contributed by atoms with Crippen LogP contribution in [0.5, 0.6) is 11.5 Å². The van der Waals surface area contributed by atoms with Crippen molar-refractivity contribution in [3.8, 4) is 22.8 Å². The summed E-state index contributed by atoms with van der Waals surface area (Å²) >= 11 is 0. The Morgan fingerprint density at radius 3 is 2.41 bits per heavy atom. The quantitative estimate of drug-likeness (QED) is 0.701. The van der Waals surface area contributed by atoms with Crippen LogP contribution in [0.2, 0.25) is 0 Å². The lowest BCUT2D eigenvalue weighted by molar-refractivity contribution is 0.0636. The van der Waals surface area contributed by atoms with Gasteiger partial charge in [0, 0.05) is 50.8 Å². The zero-order chi connectivity index (χ0) is 19.1. The van der Waals surface area contributed by atoms with Crippen molar-refractivity contribution in [1.82, 2.24) is 19.6 Å². The molecule has 27 heavy (non-hydrogen) atoms. The molecular formula is C20H26N4O3. The van der Waals surface area contributed by atoms with E-state index in [0.29, 0.717) is 23.6 Å². The number of nitrogens with zero attached hydrogens (tertiary/aromatic N) is 4. The normalized spacial score (nSPS) is 16.2. The van der Waals surface area contributed by atoms with Gasteiger partial charge in [0.15, 0.2) is 17.2 Å². The molecule has 1 aliphatic heterocycles. The minimum absolute atomic E-state index is 0.0364. The Morgan fingerprint density at radius 1 is 1.11 bits per heavy atom. The molecule has 0 N–H and O–H groups in total. The van der Waals surface area contributed by atoms with Crippen molar-refractivity contribution in [2.75, 3.05) is 46.9 Å². The van der Waals surface area contributed by atoms with E-state index in [9.17, 15) is 4.79 Å². The van der Waals surface area contributed by atoms with Crippen LogP contribution in [0.15, 0.2) is 12.1 Å². The Morgan fingerprint density at radius 2 is 1.78 bits per heavy atom. The number of benzene rings is 1. The van der Waals surface area contributed by atoms with Crippen molar-refractivity contribution in [1.29, 1.82) is 0 Å². The lowest BCUT2D eigenvalue weighted by Gasteiger charge is -2.33. The fourth-order valence-electron chi connectivity index (χ4n) is 4.14. The Balaban J connectivity index is 1.67. The molecule has 1 fully saturated rings. The van der Waals surface area contributed by atoms with Gasteiger partial charge in [-0.1, -0.05) is 6.92 Å². The molecule has 0 atom stereocenters. The zero-order valence-corrected chi connectivity index (χ0v) is 16.4. The fourth-order valence-corrected chi connectivity index (χ4v) is 4.14. The summed E-state index contributed by atoms with van der Waals surface area (Å²) in [4.78, 5) is 17.4. The lowest BCUT2D eigenvalue weighted by Crippen LogP contribution is -2.48. The summed E-state index contributed by atoms with van der Waals surface area (Å²) in [6.07, 6.45) is 0.689. The number of carbonyl (C=O) groups is 1. The summed E-state index contributed by atoms with van der Waals surface area (Å²) < 4.78 is 12.7. The van der Waals surface area contributed by atoms with Crippen LogP contribution >= 0.6 is 0 Å². The molecule has 4 rings (SSSR count). The standard InChI is InChI=1S/C20H26N4O3/c1-5-23-6-8-24(9-7-23)20(25)18-15-10-13-11-16(26-3)17(27-4)12-14(13)19(15)22(2)21-18/h11-12H,5-10H2,1-4H3. The van der Waals surface area contributed by atoms with E-state index in [0.717, 1.165) is 55.1 Å². The highest BCUT2D eigenvalue weighted by Crippen LogP contribution is 2.43. The summed E-state index contributed by atoms with van der Waals surface area (Å²) in [5.41, 5.74) is 4.78. The van der Waals surface area contributed by atoms with Gasteiger partial charge in [-0.25, -0.2) is 0 Å². The van der Waals surface area contributed by atoms with Crippen LogP contribution in [0.4, 0.5) is 0 Å². The maximum absolute atomic E-state index is 13.1. The zero-order valence-electron chi connectivity index (χ0n) is 16.4. The van der Waals surface area contributed by atoms with Crippen LogP contribution in [-0.2, 0) is 13.5 Å². The molecule has 0 radical (unpaired) electrons. The van der Waals surface area contributed by atoms with Crippen molar-refractivity contribution in [3.63, 3.8) is 0 Å². The smallest absolute Gasteiger partial charge is 0.274 e. The monoisotopic (exact) mass is 370 g/mol. The lowest BCUT2D eigenvalue weighted by atomic mass is 10.1. The first-order chi connectivity index (χ1) is 13.1. The third-order valence-electron chi connectivity index (χ3n) is 5.69. The number of aryl methyl sites for hydroxylation is 1. The number of carbonyl (C=O) groups excluding carboxylic acids is 1. The molecule has 2 heterocycles. The molecule has 1 amide bonds. The summed E-state index contributed by atoms with van der Waals surface area (Å²) in [5.74, 6) is 1.43. The minimum atomic E-state index is 0.0364. The molecule has 7 nitrogen and oxygen atoms in total. The molecule has 1 aliphatic carbocycles. The number of fused-ring (bicyclic) bond motifs is 3. The third kappa shape index (κ3) is 2.86. The maximum Gasteiger partial charge on any atom is 0.274 e. The van der Waals surface area contributed by atoms with Gasteiger partial charge in [0.1, 0.15) is 0 Å². The topological polar surface area (TPSA) is 59.8 Å². The minimum Gasteiger partial charge on any atom is -0.493 e. The first-order valence-electron chi connectivity index (χ1n) is 9.40. The van der Waals surface area contributed by atoms with Gasteiger partial charge < -0.3 is 19.3 Å². The van der Waals surface area contributed by atoms with Crippen LogP contribution in [0.3, 0.4) is 0 Å². The second kappa shape index (κ2) is 6.88. The van der Waals surface area contributed by atoms with Crippen molar-refractivity contribution in [2.24, 2.45) is 7.05 Å². The van der Waals surface area contributed by atoms with Crippen LogP contribution in [-0.4, -0.2) is 72.4 Å².